The van der Waals surface area contributed by atoms with E-state index in [1.54, 1.807) is 7.11 Å². The first-order valence-corrected chi connectivity index (χ1v) is 6.52. The van der Waals surface area contributed by atoms with E-state index in [1.807, 2.05) is 48.7 Å². The van der Waals surface area contributed by atoms with E-state index >= 15 is 0 Å². The van der Waals surface area contributed by atoms with E-state index < -0.39 is 0 Å². The Hall–Kier alpha value is -1.80. The molecule has 1 aliphatic heterocycles. The fourth-order valence-electron chi connectivity index (χ4n) is 2.54. The van der Waals surface area contributed by atoms with Crippen LogP contribution >= 0.6 is 11.6 Å². The van der Waals surface area contributed by atoms with Crippen LogP contribution < -0.4 is 4.74 Å². The number of hydrogen-bond donors (Lipinski definition) is 0. The van der Waals surface area contributed by atoms with Gasteiger partial charge in [0.25, 0.3) is 0 Å². The van der Waals surface area contributed by atoms with Crippen LogP contribution in [0.15, 0.2) is 47.5 Å². The number of hydrogen-bond acceptors (Lipinski definition) is 2. The summed E-state index contributed by atoms with van der Waals surface area (Å²) in [5.41, 5.74) is 2.86. The molecule has 0 spiro atoms. The zero-order valence-electron chi connectivity index (χ0n) is 10.9. The van der Waals surface area contributed by atoms with Gasteiger partial charge in [0.1, 0.15) is 5.75 Å². The standard InChI is InChI=1S/C16H14ClNO/c1-16(12-5-3-4-6-14(12)17)10-18-15-8-7-11(19-2)9-13(15)16/h3-10H,1-2H3. The number of fused-ring (bicyclic) bond motifs is 1. The maximum Gasteiger partial charge on any atom is 0.119 e. The van der Waals surface area contributed by atoms with Gasteiger partial charge in [-0.25, -0.2) is 0 Å². The highest BCUT2D eigenvalue weighted by molar-refractivity contribution is 6.31. The van der Waals surface area contributed by atoms with Crippen LogP contribution in [0.1, 0.15) is 18.1 Å². The van der Waals surface area contributed by atoms with Crippen molar-refractivity contribution in [2.24, 2.45) is 4.99 Å². The summed E-state index contributed by atoms with van der Waals surface area (Å²) in [6.07, 6.45) is 1.96. The normalized spacial score (nSPS) is 20.4. The smallest absolute Gasteiger partial charge is 0.119 e. The van der Waals surface area contributed by atoms with Crippen molar-refractivity contribution < 1.29 is 4.74 Å². The summed E-state index contributed by atoms with van der Waals surface area (Å²) in [6.45, 7) is 2.13. The van der Waals surface area contributed by atoms with E-state index in [4.69, 9.17) is 16.3 Å². The van der Waals surface area contributed by atoms with Crippen LogP contribution in [0.2, 0.25) is 5.02 Å². The average Bonchev–Trinajstić information content (AvgIpc) is 2.77. The molecule has 3 rings (SSSR count). The molecular weight excluding hydrogens is 258 g/mol. The van der Waals surface area contributed by atoms with Crippen molar-refractivity contribution in [2.45, 2.75) is 12.3 Å². The topological polar surface area (TPSA) is 21.6 Å². The van der Waals surface area contributed by atoms with Crippen LogP contribution in [0.3, 0.4) is 0 Å². The lowest BCUT2D eigenvalue weighted by atomic mass is 9.78. The maximum atomic E-state index is 6.34. The first-order chi connectivity index (χ1) is 9.15. The molecule has 0 radical (unpaired) electrons. The van der Waals surface area contributed by atoms with E-state index in [1.165, 1.54) is 0 Å². The largest absolute Gasteiger partial charge is 0.497 e. The Morgan fingerprint density at radius 3 is 2.63 bits per heavy atom. The highest BCUT2D eigenvalue weighted by Crippen LogP contribution is 2.44. The molecule has 0 aromatic heterocycles. The Bertz CT molecular complexity index is 666. The van der Waals surface area contributed by atoms with Gasteiger partial charge in [0.15, 0.2) is 0 Å². The zero-order chi connectivity index (χ0) is 13.5. The SMILES string of the molecule is COc1ccc2c(c1)C(C)(c1ccccc1Cl)C=N2. The minimum Gasteiger partial charge on any atom is -0.497 e. The number of rotatable bonds is 2. The number of ether oxygens (including phenoxy) is 1. The fourth-order valence-corrected chi connectivity index (χ4v) is 2.87. The third kappa shape index (κ3) is 1.83. The molecule has 1 heterocycles. The second-order valence-electron chi connectivity index (χ2n) is 4.82. The van der Waals surface area contributed by atoms with Crippen LogP contribution in [-0.2, 0) is 5.41 Å². The lowest BCUT2D eigenvalue weighted by Gasteiger charge is -2.24. The summed E-state index contributed by atoms with van der Waals surface area (Å²) in [5, 5.41) is 0.757. The van der Waals surface area contributed by atoms with Gasteiger partial charge in [-0.05, 0) is 42.3 Å². The van der Waals surface area contributed by atoms with Gasteiger partial charge in [-0.1, -0.05) is 29.8 Å². The van der Waals surface area contributed by atoms with Crippen molar-refractivity contribution in [1.82, 2.24) is 0 Å². The molecule has 1 unspecified atom stereocenters. The maximum absolute atomic E-state index is 6.34. The van der Waals surface area contributed by atoms with E-state index in [0.29, 0.717) is 0 Å². The molecule has 1 atom stereocenters. The van der Waals surface area contributed by atoms with Gasteiger partial charge in [-0.3, -0.25) is 4.99 Å². The fraction of sp³-hybridized carbons (Fsp3) is 0.188. The van der Waals surface area contributed by atoms with Gasteiger partial charge in [0, 0.05) is 11.2 Å². The lowest BCUT2D eigenvalue weighted by molar-refractivity contribution is 0.414. The van der Waals surface area contributed by atoms with Gasteiger partial charge >= 0.3 is 0 Å². The van der Waals surface area contributed by atoms with E-state index in [-0.39, 0.29) is 5.41 Å². The van der Waals surface area contributed by atoms with Crippen LogP contribution in [0.4, 0.5) is 5.69 Å². The van der Waals surface area contributed by atoms with Crippen molar-refractivity contribution in [3.8, 4) is 5.75 Å². The Kier molecular flexibility index (Phi) is 2.83. The minimum absolute atomic E-state index is 0.303. The molecular formula is C16H14ClNO. The molecule has 19 heavy (non-hydrogen) atoms. The van der Waals surface area contributed by atoms with Crippen molar-refractivity contribution in [3.05, 3.63) is 58.6 Å². The van der Waals surface area contributed by atoms with Crippen molar-refractivity contribution in [3.63, 3.8) is 0 Å². The summed E-state index contributed by atoms with van der Waals surface area (Å²) in [5.74, 6) is 0.836. The summed E-state index contributed by atoms with van der Waals surface area (Å²) in [6, 6.07) is 13.8. The Labute approximate surface area is 117 Å². The Balaban J connectivity index is 2.20. The summed E-state index contributed by atoms with van der Waals surface area (Å²) in [4.78, 5) is 4.51. The lowest BCUT2D eigenvalue weighted by Crippen LogP contribution is -2.23. The number of methoxy groups -OCH3 is 1. The molecule has 2 nitrogen and oxygen atoms in total. The highest BCUT2D eigenvalue weighted by atomic mass is 35.5. The second-order valence-corrected chi connectivity index (χ2v) is 5.23. The van der Waals surface area contributed by atoms with Crippen LogP contribution in [0.5, 0.6) is 5.75 Å². The van der Waals surface area contributed by atoms with E-state index in [9.17, 15) is 0 Å². The molecule has 1 aliphatic rings. The summed E-state index contributed by atoms with van der Waals surface area (Å²) in [7, 11) is 1.67. The first kappa shape index (κ1) is 12.2. The van der Waals surface area contributed by atoms with Crippen LogP contribution in [0, 0.1) is 0 Å². The molecule has 0 fully saturated rings. The van der Waals surface area contributed by atoms with Gasteiger partial charge in [0.05, 0.1) is 18.2 Å². The molecule has 0 aliphatic carbocycles. The number of nitrogens with zero attached hydrogens (tertiary/aromatic N) is 1. The predicted octanol–water partition coefficient (Wildman–Crippen LogP) is 4.37. The monoisotopic (exact) mass is 271 g/mol. The quantitative estimate of drug-likeness (QED) is 0.795. The van der Waals surface area contributed by atoms with Crippen molar-refractivity contribution >= 4 is 23.5 Å². The predicted molar refractivity (Wildman–Crippen MR) is 79.1 cm³/mol. The molecule has 0 bridgehead atoms. The summed E-state index contributed by atoms with van der Waals surface area (Å²) < 4.78 is 5.31. The Morgan fingerprint density at radius 1 is 1.11 bits per heavy atom. The third-order valence-electron chi connectivity index (χ3n) is 3.66. The first-order valence-electron chi connectivity index (χ1n) is 6.14. The van der Waals surface area contributed by atoms with Crippen molar-refractivity contribution in [2.75, 3.05) is 7.11 Å². The van der Waals surface area contributed by atoms with E-state index in [2.05, 4.69) is 11.9 Å². The van der Waals surface area contributed by atoms with Gasteiger partial charge < -0.3 is 4.74 Å². The Morgan fingerprint density at radius 2 is 1.89 bits per heavy atom. The number of aliphatic imine (C=N–C) groups is 1. The van der Waals surface area contributed by atoms with Gasteiger partial charge in [-0.15, -0.1) is 0 Å². The number of halogens is 1. The molecule has 0 saturated heterocycles. The molecule has 2 aromatic carbocycles. The third-order valence-corrected chi connectivity index (χ3v) is 3.99. The zero-order valence-corrected chi connectivity index (χ0v) is 11.6. The molecule has 0 N–H and O–H groups in total. The molecule has 3 heteroatoms. The van der Waals surface area contributed by atoms with Crippen LogP contribution in [0.25, 0.3) is 0 Å². The average molecular weight is 272 g/mol. The highest BCUT2D eigenvalue weighted by Gasteiger charge is 2.35. The van der Waals surface area contributed by atoms with Crippen LogP contribution in [-0.4, -0.2) is 13.3 Å². The van der Waals surface area contributed by atoms with Gasteiger partial charge in [-0.2, -0.15) is 0 Å². The second kappa shape index (κ2) is 4.39. The van der Waals surface area contributed by atoms with E-state index in [0.717, 1.165) is 27.6 Å². The van der Waals surface area contributed by atoms with Gasteiger partial charge in [0.2, 0.25) is 0 Å². The number of benzene rings is 2. The summed E-state index contributed by atoms with van der Waals surface area (Å²) >= 11 is 6.34. The molecule has 0 amide bonds. The molecule has 2 aromatic rings. The minimum atomic E-state index is -0.303. The molecule has 0 saturated carbocycles. The van der Waals surface area contributed by atoms with Crippen molar-refractivity contribution in [1.29, 1.82) is 0 Å². The molecule has 96 valence electrons.